The number of benzene rings is 2. The first-order valence-electron chi connectivity index (χ1n) is 13.0. The Hall–Kier alpha value is -3.74. The van der Waals surface area contributed by atoms with Gasteiger partial charge < -0.3 is 20.1 Å². The molecule has 0 spiro atoms. The lowest BCUT2D eigenvalue weighted by atomic mass is 9.99. The first-order valence-corrected chi connectivity index (χ1v) is 14.4. The lowest BCUT2D eigenvalue weighted by Gasteiger charge is -2.38. The van der Waals surface area contributed by atoms with Gasteiger partial charge in [0.2, 0.25) is 10.0 Å². The molecule has 0 fully saturated rings. The van der Waals surface area contributed by atoms with E-state index in [0.717, 1.165) is 0 Å². The number of aliphatic hydroxyl groups is 1. The van der Waals surface area contributed by atoms with Crippen LogP contribution in [0.2, 0.25) is 0 Å². The Morgan fingerprint density at radius 1 is 1.23 bits per heavy atom. The third-order valence-corrected chi connectivity index (χ3v) is 8.90. The number of nitrogens with one attached hydrogen (secondary N) is 1. The van der Waals surface area contributed by atoms with Crippen molar-refractivity contribution in [1.29, 1.82) is 0 Å². The lowest BCUT2D eigenvalue weighted by Crippen LogP contribution is -2.50. The minimum Gasteiger partial charge on any atom is -0.486 e. The van der Waals surface area contributed by atoms with Crippen LogP contribution in [0.1, 0.15) is 40.4 Å². The Kier molecular flexibility index (Phi) is 8.62. The second kappa shape index (κ2) is 11.8. The average Bonchev–Trinajstić information content (AvgIpc) is 3.28. The van der Waals surface area contributed by atoms with Crippen LogP contribution < -0.4 is 10.1 Å². The molecule has 3 aromatic rings. The van der Waals surface area contributed by atoms with Gasteiger partial charge in [0.1, 0.15) is 11.8 Å². The number of hydrogen-bond donors (Lipinski definition) is 2. The quantitative estimate of drug-likeness (QED) is 0.426. The number of para-hydroxylation sites is 1. The highest BCUT2D eigenvalue weighted by molar-refractivity contribution is 7.89. The summed E-state index contributed by atoms with van der Waals surface area (Å²) in [7, 11) is -0.679. The van der Waals surface area contributed by atoms with Gasteiger partial charge in [-0.2, -0.15) is 9.40 Å². The molecule has 2 aromatic carbocycles. The predicted molar refractivity (Wildman–Crippen MR) is 150 cm³/mol. The number of aryl methyl sites for hydroxylation is 2. The lowest BCUT2D eigenvalue weighted by molar-refractivity contribution is 0.0388. The summed E-state index contributed by atoms with van der Waals surface area (Å²) in [5.41, 5.74) is 1.46. The molecule has 4 rings (SSSR count). The van der Waals surface area contributed by atoms with Gasteiger partial charge in [0.15, 0.2) is 5.75 Å². The standard InChI is InChI=1S/C28H35N5O6S/c1-18-15-33(20(3)17-34)28(36)22-12-9-13-23(29-27(35)24-14-19(2)30-32(24)5)26(22)39-25(18)16-31(4)40(37,38)21-10-7-6-8-11-21/h6-14,18,20,25,34H,15-17H2,1-5H3,(H,29,35)/t18-,20-,25-/m0/s1. The highest BCUT2D eigenvalue weighted by Crippen LogP contribution is 2.35. The maximum Gasteiger partial charge on any atom is 0.274 e. The van der Waals surface area contributed by atoms with Crippen molar-refractivity contribution in [3.63, 3.8) is 0 Å². The fourth-order valence-electron chi connectivity index (χ4n) is 4.69. The molecule has 1 aromatic heterocycles. The second-order valence-electron chi connectivity index (χ2n) is 10.2. The molecule has 0 saturated carbocycles. The molecule has 0 saturated heterocycles. The summed E-state index contributed by atoms with van der Waals surface area (Å²) in [6, 6.07) is 14.1. The molecule has 0 radical (unpaired) electrons. The SMILES string of the molecule is Cc1cc(C(=O)Nc2cccc3c2O[C@@H](CN(C)S(=O)(=O)c2ccccc2)[C@@H](C)CN([C@@H](C)CO)C3=O)n(C)n1. The van der Waals surface area contributed by atoms with E-state index in [2.05, 4.69) is 10.4 Å². The number of likely N-dealkylation sites (N-methyl/N-ethyl adjacent to an activating group) is 1. The number of rotatable bonds is 8. The number of amides is 2. The summed E-state index contributed by atoms with van der Waals surface area (Å²) < 4.78 is 35.7. The molecule has 2 heterocycles. The third kappa shape index (κ3) is 5.88. The summed E-state index contributed by atoms with van der Waals surface area (Å²) in [6.45, 7) is 5.34. The Morgan fingerprint density at radius 3 is 2.55 bits per heavy atom. The molecular formula is C28H35N5O6S. The largest absolute Gasteiger partial charge is 0.486 e. The van der Waals surface area contributed by atoms with E-state index in [1.54, 1.807) is 68.3 Å². The number of carbonyl (C=O) groups excluding carboxylic acids is 2. The van der Waals surface area contributed by atoms with E-state index in [4.69, 9.17) is 4.74 Å². The van der Waals surface area contributed by atoms with Crippen molar-refractivity contribution in [2.45, 2.75) is 37.8 Å². The van der Waals surface area contributed by atoms with Gasteiger partial charge in [-0.25, -0.2) is 8.42 Å². The molecule has 214 valence electrons. The number of hydrogen-bond acceptors (Lipinski definition) is 7. The maximum atomic E-state index is 13.7. The van der Waals surface area contributed by atoms with E-state index in [1.165, 1.54) is 28.2 Å². The van der Waals surface area contributed by atoms with Crippen LogP contribution in [0, 0.1) is 12.8 Å². The van der Waals surface area contributed by atoms with Crippen molar-refractivity contribution in [1.82, 2.24) is 19.0 Å². The van der Waals surface area contributed by atoms with Gasteiger partial charge in [-0.05, 0) is 44.2 Å². The zero-order valence-corrected chi connectivity index (χ0v) is 24.1. The van der Waals surface area contributed by atoms with Crippen LogP contribution in [0.15, 0.2) is 59.5 Å². The summed E-state index contributed by atoms with van der Waals surface area (Å²) in [6.07, 6.45) is -0.694. The minimum absolute atomic E-state index is 0.0173. The number of sulfonamides is 1. The second-order valence-corrected chi connectivity index (χ2v) is 12.2. The fourth-order valence-corrected chi connectivity index (χ4v) is 5.90. The number of aliphatic hydroxyl groups excluding tert-OH is 1. The molecule has 3 atom stereocenters. The molecule has 0 aliphatic carbocycles. The number of carbonyl (C=O) groups is 2. The number of nitrogens with zero attached hydrogens (tertiary/aromatic N) is 4. The summed E-state index contributed by atoms with van der Waals surface area (Å²) in [4.78, 5) is 28.5. The van der Waals surface area contributed by atoms with Gasteiger partial charge >= 0.3 is 0 Å². The van der Waals surface area contributed by atoms with Crippen LogP contribution in [0.25, 0.3) is 0 Å². The van der Waals surface area contributed by atoms with Crippen LogP contribution in [0.4, 0.5) is 5.69 Å². The highest BCUT2D eigenvalue weighted by atomic mass is 32.2. The molecule has 40 heavy (non-hydrogen) atoms. The average molecular weight is 570 g/mol. The Balaban J connectivity index is 1.74. The first-order chi connectivity index (χ1) is 18.9. The normalized spacial score (nSPS) is 18.5. The van der Waals surface area contributed by atoms with Crippen LogP contribution in [0.5, 0.6) is 5.75 Å². The van der Waals surface area contributed by atoms with E-state index in [1.807, 2.05) is 6.92 Å². The van der Waals surface area contributed by atoms with Crippen molar-refractivity contribution in [3.05, 3.63) is 71.5 Å². The van der Waals surface area contributed by atoms with E-state index < -0.39 is 28.1 Å². The molecule has 1 aliphatic rings. The third-order valence-electron chi connectivity index (χ3n) is 7.06. The van der Waals surface area contributed by atoms with Crippen LogP contribution in [0.3, 0.4) is 0 Å². The fraction of sp³-hybridized carbons (Fsp3) is 0.393. The Bertz CT molecular complexity index is 1490. The van der Waals surface area contributed by atoms with E-state index in [0.29, 0.717) is 11.4 Å². The van der Waals surface area contributed by atoms with Crippen LogP contribution >= 0.6 is 0 Å². The Morgan fingerprint density at radius 2 is 1.93 bits per heavy atom. The summed E-state index contributed by atoms with van der Waals surface area (Å²) in [5.74, 6) is -0.997. The molecule has 11 nitrogen and oxygen atoms in total. The molecule has 0 unspecified atom stereocenters. The molecular weight excluding hydrogens is 534 g/mol. The predicted octanol–water partition coefficient (Wildman–Crippen LogP) is 2.52. The van der Waals surface area contributed by atoms with E-state index in [-0.39, 0.29) is 53.4 Å². The van der Waals surface area contributed by atoms with Gasteiger partial charge in [-0.1, -0.05) is 31.2 Å². The van der Waals surface area contributed by atoms with Crippen molar-refractivity contribution in [3.8, 4) is 5.75 Å². The number of fused-ring (bicyclic) bond motifs is 1. The smallest absolute Gasteiger partial charge is 0.274 e. The molecule has 2 amide bonds. The topological polar surface area (TPSA) is 134 Å². The summed E-state index contributed by atoms with van der Waals surface area (Å²) in [5, 5.41) is 17.0. The van der Waals surface area contributed by atoms with E-state index >= 15 is 0 Å². The number of anilines is 1. The van der Waals surface area contributed by atoms with E-state index in [9.17, 15) is 23.1 Å². The van der Waals surface area contributed by atoms with Crippen LogP contribution in [-0.4, -0.2) is 83.2 Å². The maximum absolute atomic E-state index is 13.7. The molecule has 1 aliphatic heterocycles. The van der Waals surface area contributed by atoms with Gasteiger partial charge in [0.25, 0.3) is 11.8 Å². The van der Waals surface area contributed by atoms with Gasteiger partial charge in [-0.3, -0.25) is 14.3 Å². The first kappa shape index (κ1) is 29.2. The Labute approximate surface area is 234 Å². The van der Waals surface area contributed by atoms with Gasteiger partial charge in [0.05, 0.1) is 41.0 Å². The zero-order chi connectivity index (χ0) is 29.2. The van der Waals surface area contributed by atoms with Crippen molar-refractivity contribution >= 4 is 27.5 Å². The van der Waals surface area contributed by atoms with Gasteiger partial charge in [0, 0.05) is 26.6 Å². The minimum atomic E-state index is -3.82. The summed E-state index contributed by atoms with van der Waals surface area (Å²) >= 11 is 0. The van der Waals surface area contributed by atoms with Crippen molar-refractivity contribution in [2.24, 2.45) is 13.0 Å². The molecule has 0 bridgehead atoms. The number of ether oxygens (including phenoxy) is 1. The monoisotopic (exact) mass is 569 g/mol. The highest BCUT2D eigenvalue weighted by Gasteiger charge is 2.36. The van der Waals surface area contributed by atoms with Crippen molar-refractivity contribution < 1.29 is 27.9 Å². The van der Waals surface area contributed by atoms with Crippen LogP contribution in [-0.2, 0) is 17.1 Å². The molecule has 12 heteroatoms. The molecule has 2 N–H and O–H groups in total. The number of aromatic nitrogens is 2. The zero-order valence-electron chi connectivity index (χ0n) is 23.2. The van der Waals surface area contributed by atoms with Crippen molar-refractivity contribution in [2.75, 3.05) is 32.1 Å². The van der Waals surface area contributed by atoms with Gasteiger partial charge in [-0.15, -0.1) is 0 Å².